The van der Waals surface area contributed by atoms with Crippen LogP contribution in [0.25, 0.3) is 27.7 Å². The highest BCUT2D eigenvalue weighted by Gasteiger charge is 2.29. The van der Waals surface area contributed by atoms with Gasteiger partial charge in [0.2, 0.25) is 0 Å². The Balaban J connectivity index is 0.00000100. The normalized spacial score (nSPS) is 13.2. The number of fused-ring (bicyclic) bond motifs is 1. The van der Waals surface area contributed by atoms with Gasteiger partial charge < -0.3 is 25.6 Å². The van der Waals surface area contributed by atoms with Gasteiger partial charge in [-0.15, -0.1) is 0 Å². The number of nitrogens with zero attached hydrogens (tertiary/aromatic N) is 2. The Hall–Kier alpha value is -4.11. The number of nitrogen functional groups attached to an aromatic ring is 1. The average molecular weight is 537 g/mol. The number of halogens is 2. The van der Waals surface area contributed by atoms with Crippen molar-refractivity contribution in [1.82, 2.24) is 9.55 Å². The van der Waals surface area contributed by atoms with Crippen LogP contribution < -0.4 is 5.73 Å². The number of ether oxygens (including phenoxy) is 1. The van der Waals surface area contributed by atoms with Crippen LogP contribution in [0.1, 0.15) is 68.2 Å². The van der Waals surface area contributed by atoms with E-state index in [-0.39, 0.29) is 11.7 Å². The van der Waals surface area contributed by atoms with Gasteiger partial charge in [-0.05, 0) is 55.3 Å². The molecule has 4 aromatic rings. The fourth-order valence-electron chi connectivity index (χ4n) is 4.77. The number of aromatic nitrogens is 2. The van der Waals surface area contributed by atoms with Crippen LogP contribution in [0.5, 0.6) is 0 Å². The zero-order valence-electron chi connectivity index (χ0n) is 22.6. The Morgan fingerprint density at radius 1 is 1.10 bits per heavy atom. The summed E-state index contributed by atoms with van der Waals surface area (Å²) in [6.07, 6.45) is 3.92. The lowest BCUT2D eigenvalue weighted by Crippen LogP contribution is -2.17. The molecule has 0 aliphatic carbocycles. The smallest absolute Gasteiger partial charge is 0.357 e. The Morgan fingerprint density at radius 3 is 2.31 bits per heavy atom. The first-order valence-electron chi connectivity index (χ1n) is 13.1. The Labute approximate surface area is 226 Å². The molecule has 2 aromatic heterocycles. The molecule has 0 atom stereocenters. The lowest BCUT2D eigenvalue weighted by Gasteiger charge is -2.25. The number of carboxylic acids is 1. The molecule has 2 aromatic carbocycles. The van der Waals surface area contributed by atoms with Crippen LogP contribution in [0.15, 0.2) is 48.7 Å². The summed E-state index contributed by atoms with van der Waals surface area (Å²) in [7, 11) is 0. The van der Waals surface area contributed by atoms with Crippen molar-refractivity contribution < 1.29 is 23.4 Å². The first-order valence-corrected chi connectivity index (χ1v) is 13.1. The number of aromatic carboxylic acids is 1. The Kier molecular flexibility index (Phi) is 9.89. The molecular weight excluding hydrogens is 502 g/mol. The summed E-state index contributed by atoms with van der Waals surface area (Å²) < 4.78 is 36.1. The number of benzene rings is 2. The number of hydrogen-bond donors (Lipinski definition) is 3. The summed E-state index contributed by atoms with van der Waals surface area (Å²) in [5.74, 6) is -2.76. The van der Waals surface area contributed by atoms with Crippen molar-refractivity contribution in [2.75, 3.05) is 18.9 Å². The molecule has 206 valence electrons. The van der Waals surface area contributed by atoms with Crippen LogP contribution in [0.2, 0.25) is 0 Å². The fourth-order valence-corrected chi connectivity index (χ4v) is 4.77. The van der Waals surface area contributed by atoms with Crippen molar-refractivity contribution in [3.05, 3.63) is 77.2 Å². The van der Waals surface area contributed by atoms with E-state index in [1.54, 1.807) is 24.3 Å². The molecular formula is C30H34F2N4O3. The van der Waals surface area contributed by atoms with Gasteiger partial charge in [-0.25, -0.2) is 18.6 Å². The second-order valence-corrected chi connectivity index (χ2v) is 8.46. The molecule has 1 aliphatic heterocycles. The molecule has 5 rings (SSSR count). The molecule has 39 heavy (non-hydrogen) atoms. The van der Waals surface area contributed by atoms with Crippen molar-refractivity contribution in [3.63, 3.8) is 0 Å². The van der Waals surface area contributed by atoms with Gasteiger partial charge in [-0.1, -0.05) is 27.7 Å². The lowest BCUT2D eigenvalue weighted by atomic mass is 9.90. The van der Waals surface area contributed by atoms with Crippen LogP contribution in [-0.4, -0.2) is 40.1 Å². The molecule has 1 fully saturated rings. The summed E-state index contributed by atoms with van der Waals surface area (Å²) in [6, 6.07) is 10.7. The zero-order valence-corrected chi connectivity index (χ0v) is 22.6. The van der Waals surface area contributed by atoms with Crippen LogP contribution in [0.3, 0.4) is 0 Å². The first-order chi connectivity index (χ1) is 18.9. The first kappa shape index (κ1) is 29.4. The molecule has 7 nitrogen and oxygen atoms in total. The third-order valence-corrected chi connectivity index (χ3v) is 6.39. The summed E-state index contributed by atoms with van der Waals surface area (Å²) in [5.41, 5.74) is 9.79. The molecule has 0 saturated carbocycles. The van der Waals surface area contributed by atoms with Gasteiger partial charge in [-0.2, -0.15) is 0 Å². The molecule has 0 amide bonds. The maximum atomic E-state index is 14.8. The van der Waals surface area contributed by atoms with E-state index in [0.29, 0.717) is 65.0 Å². The van der Waals surface area contributed by atoms with E-state index in [2.05, 4.69) is 4.98 Å². The number of nitrogens with two attached hydrogens (primary N) is 1. The molecule has 9 heteroatoms. The topological polar surface area (TPSA) is 114 Å². The highest BCUT2D eigenvalue weighted by Crippen LogP contribution is 2.44. The molecule has 4 N–H and O–H groups in total. The minimum atomic E-state index is -1.45. The lowest BCUT2D eigenvalue weighted by molar-refractivity contribution is 0.0685. The van der Waals surface area contributed by atoms with Crippen LogP contribution >= 0.6 is 0 Å². The number of carboxylic acid groups (broad SMARTS) is 1. The second kappa shape index (κ2) is 13.1. The predicted molar refractivity (Wildman–Crippen MR) is 151 cm³/mol. The number of anilines is 1. The van der Waals surface area contributed by atoms with E-state index in [4.69, 9.17) is 15.9 Å². The zero-order chi connectivity index (χ0) is 28.7. The van der Waals surface area contributed by atoms with Crippen molar-refractivity contribution in [2.45, 2.75) is 46.5 Å². The van der Waals surface area contributed by atoms with Gasteiger partial charge in [0.25, 0.3) is 0 Å². The highest BCUT2D eigenvalue weighted by atomic mass is 19.1. The fraction of sp³-hybridized carbons (Fsp3) is 0.300. The largest absolute Gasteiger partial charge is 0.476 e. The van der Waals surface area contributed by atoms with Gasteiger partial charge in [0.1, 0.15) is 5.82 Å². The number of carbonyl (C=O) groups is 1. The second-order valence-electron chi connectivity index (χ2n) is 8.46. The van der Waals surface area contributed by atoms with Crippen LogP contribution in [0, 0.1) is 17.0 Å². The summed E-state index contributed by atoms with van der Waals surface area (Å²) >= 11 is 0. The van der Waals surface area contributed by atoms with Crippen molar-refractivity contribution in [1.29, 1.82) is 5.41 Å². The summed E-state index contributed by atoms with van der Waals surface area (Å²) in [4.78, 5) is 15.2. The van der Waals surface area contributed by atoms with Crippen LogP contribution in [0.4, 0.5) is 14.5 Å². The van der Waals surface area contributed by atoms with Crippen LogP contribution in [-0.2, 0) is 4.74 Å². The molecule has 1 aliphatic rings. The van der Waals surface area contributed by atoms with Crippen molar-refractivity contribution in [2.24, 2.45) is 0 Å². The van der Waals surface area contributed by atoms with E-state index in [1.165, 1.54) is 24.4 Å². The van der Waals surface area contributed by atoms with E-state index in [0.717, 1.165) is 11.9 Å². The van der Waals surface area contributed by atoms with Gasteiger partial charge in [0.05, 0.1) is 5.52 Å². The molecule has 1 saturated heterocycles. The van der Waals surface area contributed by atoms with Gasteiger partial charge in [-0.3, -0.25) is 0 Å². The van der Waals surface area contributed by atoms with Crippen molar-refractivity contribution >= 4 is 28.8 Å². The molecule has 0 spiro atoms. The Bertz CT molecular complexity index is 1460. The van der Waals surface area contributed by atoms with Gasteiger partial charge >= 0.3 is 5.97 Å². The number of hydrogen-bond acceptors (Lipinski definition) is 5. The molecule has 0 unspecified atom stereocenters. The maximum Gasteiger partial charge on any atom is 0.357 e. The molecule has 3 heterocycles. The minimum absolute atomic E-state index is 0.0167. The van der Waals surface area contributed by atoms with Gasteiger partial charge in [0.15, 0.2) is 11.5 Å². The maximum absolute atomic E-state index is 14.8. The van der Waals surface area contributed by atoms with Gasteiger partial charge in [0, 0.05) is 70.7 Å². The Morgan fingerprint density at radius 2 is 1.74 bits per heavy atom. The minimum Gasteiger partial charge on any atom is -0.476 e. The number of rotatable bonds is 5. The average Bonchev–Trinajstić information content (AvgIpc) is 3.29. The third-order valence-electron chi connectivity index (χ3n) is 6.39. The number of pyridine rings is 1. The van der Waals surface area contributed by atoms with E-state index in [9.17, 15) is 18.7 Å². The molecule has 0 bridgehead atoms. The van der Waals surface area contributed by atoms with E-state index >= 15 is 0 Å². The summed E-state index contributed by atoms with van der Waals surface area (Å²) in [6.45, 7) is 9.10. The highest BCUT2D eigenvalue weighted by molar-refractivity contribution is 6.04. The summed E-state index contributed by atoms with van der Waals surface area (Å²) in [5, 5.41) is 17.7. The predicted octanol–water partition coefficient (Wildman–Crippen LogP) is 7.20. The van der Waals surface area contributed by atoms with E-state index in [1.807, 2.05) is 32.3 Å². The SMILES string of the molecule is CC.CC.N=Cc1cc2c(cc1N)c(-c1cnc(C(=O)O)c(F)c1)c(C1CCOCC1)n2-c1ccc(F)cc1. The van der Waals surface area contributed by atoms with E-state index < -0.39 is 17.5 Å². The van der Waals surface area contributed by atoms with Crippen molar-refractivity contribution in [3.8, 4) is 16.8 Å². The molecule has 0 radical (unpaired) electrons. The quantitative estimate of drug-likeness (QED) is 0.184. The third kappa shape index (κ3) is 5.83. The number of nitrogens with one attached hydrogen (secondary N) is 1. The monoisotopic (exact) mass is 536 g/mol. The standard InChI is InChI=1S/C26H22F2N4O3.2C2H6/c27-17-1-3-18(4-2-17)32-22-10-15(12-29)21(30)11-19(22)23(25(32)14-5-7-35-8-6-14)16-9-20(28)24(26(33)34)31-13-16;2*1-2/h1-4,9-14,29H,5-8,30H2,(H,33,34);2*1-2H3.